The molecule has 0 aliphatic carbocycles. The van der Waals surface area contributed by atoms with Gasteiger partial charge in [-0.1, -0.05) is 0 Å². The highest BCUT2D eigenvalue weighted by molar-refractivity contribution is 7.89. The Hall–Kier alpha value is -1.78. The molecule has 2 N–H and O–H groups in total. The Bertz CT molecular complexity index is 743. The van der Waals surface area contributed by atoms with Gasteiger partial charge >= 0.3 is 0 Å². The number of hydrogen-bond acceptors (Lipinski definition) is 6. The number of nitrogens with one attached hydrogen (secondary N) is 2. The third-order valence-electron chi connectivity index (χ3n) is 3.67. The van der Waals surface area contributed by atoms with Crippen LogP contribution in [0, 0.1) is 12.8 Å². The monoisotopic (exact) mass is 344 g/mol. The van der Waals surface area contributed by atoms with Gasteiger partial charge in [0.15, 0.2) is 0 Å². The van der Waals surface area contributed by atoms with Gasteiger partial charge in [0.2, 0.25) is 10.0 Å². The van der Waals surface area contributed by atoms with Gasteiger partial charge in [-0.05, 0) is 6.92 Å². The minimum Gasteiger partial charge on any atom is -0.379 e. The maximum atomic E-state index is 12.2. The molecular formula is C13H20N4O5S. The zero-order valence-electron chi connectivity index (χ0n) is 13.2. The largest absolute Gasteiger partial charge is 0.379 e. The van der Waals surface area contributed by atoms with Gasteiger partial charge in [0.25, 0.3) is 11.5 Å². The summed E-state index contributed by atoms with van der Waals surface area (Å²) in [6.45, 7) is 2.05. The van der Waals surface area contributed by atoms with Crippen molar-refractivity contribution in [1.29, 1.82) is 0 Å². The number of carbonyl (C=O) groups excluding carboxylic acids is 1. The lowest BCUT2D eigenvalue weighted by atomic mass is 10.1. The predicted molar refractivity (Wildman–Crippen MR) is 82.6 cm³/mol. The van der Waals surface area contributed by atoms with E-state index in [0.29, 0.717) is 5.82 Å². The van der Waals surface area contributed by atoms with Crippen LogP contribution >= 0.6 is 0 Å². The third-order valence-corrected chi connectivity index (χ3v) is 5.63. The molecule has 128 valence electrons. The van der Waals surface area contributed by atoms with Gasteiger partial charge in [-0.2, -0.15) is 0 Å². The number of hydrogen-bond donors (Lipinski definition) is 2. The molecular weight excluding hydrogens is 324 g/mol. The summed E-state index contributed by atoms with van der Waals surface area (Å²) >= 11 is 0. The van der Waals surface area contributed by atoms with E-state index >= 15 is 0 Å². The molecule has 0 aromatic carbocycles. The standard InChI is InChI=1S/C13H20N4O5S/c1-8-14-4-10(12(18)15-8)13(19)16-11-6-22-5-9(11)7-23(20,21)17(2)3/h4,9,11H,5-7H2,1-3H3,(H,16,19)(H,14,15,18)/t9-,11-/m0/s1. The molecule has 1 aliphatic heterocycles. The first-order chi connectivity index (χ1) is 10.7. The molecule has 1 saturated heterocycles. The molecule has 0 radical (unpaired) electrons. The first-order valence-corrected chi connectivity index (χ1v) is 8.66. The van der Waals surface area contributed by atoms with E-state index in [-0.39, 0.29) is 30.4 Å². The lowest BCUT2D eigenvalue weighted by Gasteiger charge is -2.20. The van der Waals surface area contributed by atoms with Crippen molar-refractivity contribution in [3.63, 3.8) is 0 Å². The first kappa shape index (κ1) is 17.6. The van der Waals surface area contributed by atoms with E-state index in [1.807, 2.05) is 0 Å². The van der Waals surface area contributed by atoms with Gasteiger partial charge in [-0.3, -0.25) is 9.59 Å². The maximum absolute atomic E-state index is 12.2. The molecule has 9 nitrogen and oxygen atoms in total. The fourth-order valence-corrected chi connectivity index (χ4v) is 3.40. The normalized spacial score (nSPS) is 21.6. The van der Waals surface area contributed by atoms with Crippen LogP contribution in [0.5, 0.6) is 0 Å². The van der Waals surface area contributed by atoms with Crippen molar-refractivity contribution in [2.75, 3.05) is 33.1 Å². The number of aromatic nitrogens is 2. The zero-order valence-corrected chi connectivity index (χ0v) is 14.0. The zero-order chi connectivity index (χ0) is 17.2. The fourth-order valence-electron chi connectivity index (χ4n) is 2.23. The van der Waals surface area contributed by atoms with Gasteiger partial charge in [-0.15, -0.1) is 0 Å². The lowest BCUT2D eigenvalue weighted by molar-refractivity contribution is 0.0924. The Labute approximate surface area is 134 Å². The van der Waals surface area contributed by atoms with Crippen LogP contribution in [0.2, 0.25) is 0 Å². The van der Waals surface area contributed by atoms with Crippen molar-refractivity contribution in [2.45, 2.75) is 13.0 Å². The minimum atomic E-state index is -3.41. The lowest BCUT2D eigenvalue weighted by Crippen LogP contribution is -2.44. The van der Waals surface area contributed by atoms with E-state index in [2.05, 4.69) is 15.3 Å². The van der Waals surface area contributed by atoms with Crippen molar-refractivity contribution < 1.29 is 17.9 Å². The molecule has 0 saturated carbocycles. The second-order valence-electron chi connectivity index (χ2n) is 5.65. The molecule has 1 aliphatic rings. The van der Waals surface area contributed by atoms with Crippen LogP contribution in [0.1, 0.15) is 16.2 Å². The summed E-state index contributed by atoms with van der Waals surface area (Å²) in [5, 5.41) is 2.66. The number of sulfonamides is 1. The third kappa shape index (κ3) is 4.15. The van der Waals surface area contributed by atoms with Crippen LogP contribution in [0.3, 0.4) is 0 Å². The number of amides is 1. The topological polar surface area (TPSA) is 121 Å². The summed E-state index contributed by atoms with van der Waals surface area (Å²) in [5.74, 6) is -0.691. The van der Waals surface area contributed by atoms with E-state index in [4.69, 9.17) is 4.74 Å². The van der Waals surface area contributed by atoms with Crippen LogP contribution in [0.15, 0.2) is 11.0 Å². The van der Waals surface area contributed by atoms with Crippen molar-refractivity contribution in [3.05, 3.63) is 27.9 Å². The number of rotatable bonds is 5. The molecule has 0 bridgehead atoms. The smallest absolute Gasteiger partial charge is 0.263 e. The number of carbonyl (C=O) groups is 1. The maximum Gasteiger partial charge on any atom is 0.263 e. The van der Waals surface area contributed by atoms with Gasteiger partial charge in [0.05, 0.1) is 25.0 Å². The fraction of sp³-hybridized carbons (Fsp3) is 0.615. The number of nitrogens with zero attached hydrogens (tertiary/aromatic N) is 2. The van der Waals surface area contributed by atoms with E-state index < -0.39 is 27.5 Å². The molecule has 2 heterocycles. The average Bonchev–Trinajstić information content (AvgIpc) is 2.84. The van der Waals surface area contributed by atoms with E-state index in [1.54, 1.807) is 6.92 Å². The predicted octanol–water partition coefficient (Wildman–Crippen LogP) is -1.29. The molecule has 0 spiro atoms. The second kappa shape index (κ2) is 6.77. The molecule has 1 fully saturated rings. The molecule has 1 amide bonds. The van der Waals surface area contributed by atoms with Crippen LogP contribution in [-0.2, 0) is 14.8 Å². The number of ether oxygens (including phenoxy) is 1. The van der Waals surface area contributed by atoms with Crippen molar-refractivity contribution >= 4 is 15.9 Å². The van der Waals surface area contributed by atoms with Crippen LogP contribution in [0.4, 0.5) is 0 Å². The summed E-state index contributed by atoms with van der Waals surface area (Å²) < 4.78 is 30.4. The molecule has 10 heteroatoms. The van der Waals surface area contributed by atoms with Crippen molar-refractivity contribution in [1.82, 2.24) is 19.6 Å². The highest BCUT2D eigenvalue weighted by Crippen LogP contribution is 2.17. The second-order valence-corrected chi connectivity index (χ2v) is 7.88. The Morgan fingerprint density at radius 3 is 2.78 bits per heavy atom. The summed E-state index contributed by atoms with van der Waals surface area (Å²) in [6.07, 6.45) is 1.20. The van der Waals surface area contributed by atoms with Crippen LogP contribution in [-0.4, -0.2) is 67.7 Å². The first-order valence-electron chi connectivity index (χ1n) is 7.05. The van der Waals surface area contributed by atoms with E-state index in [1.165, 1.54) is 20.3 Å². The Balaban J connectivity index is 2.09. The summed E-state index contributed by atoms with van der Waals surface area (Å²) in [5.41, 5.74) is -0.650. The average molecular weight is 344 g/mol. The van der Waals surface area contributed by atoms with Crippen LogP contribution < -0.4 is 10.9 Å². The highest BCUT2D eigenvalue weighted by Gasteiger charge is 2.34. The molecule has 2 rings (SSSR count). The van der Waals surface area contributed by atoms with Crippen molar-refractivity contribution in [2.24, 2.45) is 5.92 Å². The van der Waals surface area contributed by atoms with Gasteiger partial charge in [0, 0.05) is 26.2 Å². The molecule has 23 heavy (non-hydrogen) atoms. The summed E-state index contributed by atoms with van der Waals surface area (Å²) in [4.78, 5) is 30.3. The Morgan fingerprint density at radius 2 is 2.17 bits per heavy atom. The summed E-state index contributed by atoms with van der Waals surface area (Å²) in [7, 11) is -0.498. The molecule has 0 unspecified atom stereocenters. The summed E-state index contributed by atoms with van der Waals surface area (Å²) in [6, 6.07) is -0.474. The minimum absolute atomic E-state index is 0.114. The van der Waals surface area contributed by atoms with Gasteiger partial charge in [0.1, 0.15) is 11.4 Å². The molecule has 2 atom stereocenters. The Kier molecular flexibility index (Phi) is 5.17. The Morgan fingerprint density at radius 1 is 1.48 bits per heavy atom. The van der Waals surface area contributed by atoms with E-state index in [0.717, 1.165) is 4.31 Å². The van der Waals surface area contributed by atoms with Crippen molar-refractivity contribution in [3.8, 4) is 0 Å². The SMILES string of the molecule is Cc1ncc(C(=O)N[C@H]2COC[C@H]2CS(=O)(=O)N(C)C)c(=O)[nH]1. The number of H-pyrrole nitrogens is 1. The molecule has 1 aromatic heterocycles. The number of aromatic amines is 1. The van der Waals surface area contributed by atoms with E-state index in [9.17, 15) is 18.0 Å². The molecule has 1 aromatic rings. The van der Waals surface area contributed by atoms with Gasteiger partial charge in [-0.25, -0.2) is 17.7 Å². The quantitative estimate of drug-likeness (QED) is 0.686. The number of aryl methyl sites for hydroxylation is 1. The highest BCUT2D eigenvalue weighted by atomic mass is 32.2. The van der Waals surface area contributed by atoms with Crippen LogP contribution in [0.25, 0.3) is 0 Å². The van der Waals surface area contributed by atoms with Gasteiger partial charge < -0.3 is 15.0 Å².